The van der Waals surface area contributed by atoms with Gasteiger partial charge in [0.25, 0.3) is 0 Å². The summed E-state index contributed by atoms with van der Waals surface area (Å²) in [6, 6.07) is 34.3. The topological polar surface area (TPSA) is 41.6 Å². The van der Waals surface area contributed by atoms with E-state index in [2.05, 4.69) is 160 Å². The molecule has 4 aromatic rings. The van der Waals surface area contributed by atoms with Crippen LogP contribution in [0.4, 0.5) is 11.4 Å². The van der Waals surface area contributed by atoms with Crippen LogP contribution in [0.2, 0.25) is 0 Å². The number of nitrogens with two attached hydrogens (primary N) is 1. The molecule has 0 radical (unpaired) electrons. The van der Waals surface area contributed by atoms with Crippen molar-refractivity contribution in [3.8, 4) is 11.1 Å². The highest BCUT2D eigenvalue weighted by Crippen LogP contribution is 2.38. The molecule has 48 heavy (non-hydrogen) atoms. The van der Waals surface area contributed by atoms with Gasteiger partial charge in [-0.2, -0.15) is 0 Å². The molecule has 5 rings (SSSR count). The van der Waals surface area contributed by atoms with Crippen molar-refractivity contribution in [2.24, 2.45) is 10.7 Å². The molecule has 4 aromatic carbocycles. The van der Waals surface area contributed by atoms with Gasteiger partial charge in [-0.05, 0) is 110 Å². The smallest absolute Gasteiger partial charge is 0.0687 e. The SMILES string of the molecule is C=N/C(=C(\C)Cc1c(C)cccc1-c1cccc(N2/C=C\CCC(=C)c3ccccc32)c1)c1ccccc1.CC/C=C\C(=C/CC)CN. The van der Waals surface area contributed by atoms with Crippen molar-refractivity contribution in [2.45, 2.75) is 59.8 Å². The molecule has 3 heteroatoms. The predicted octanol–water partition coefficient (Wildman–Crippen LogP) is 12.0. The van der Waals surface area contributed by atoms with E-state index in [0.717, 1.165) is 49.1 Å². The van der Waals surface area contributed by atoms with Gasteiger partial charge in [0.15, 0.2) is 0 Å². The highest BCUT2D eigenvalue weighted by molar-refractivity contribution is 5.83. The molecule has 0 unspecified atom stereocenters. The van der Waals surface area contributed by atoms with Gasteiger partial charge in [-0.1, -0.05) is 124 Å². The van der Waals surface area contributed by atoms with Crippen LogP contribution in [0.5, 0.6) is 0 Å². The van der Waals surface area contributed by atoms with E-state index < -0.39 is 0 Å². The molecule has 0 saturated heterocycles. The van der Waals surface area contributed by atoms with Gasteiger partial charge in [0, 0.05) is 29.6 Å². The van der Waals surface area contributed by atoms with Crippen molar-refractivity contribution in [3.05, 3.63) is 168 Å². The summed E-state index contributed by atoms with van der Waals surface area (Å²) in [7, 11) is 0. The van der Waals surface area contributed by atoms with E-state index in [4.69, 9.17) is 5.73 Å². The van der Waals surface area contributed by atoms with Crippen LogP contribution in [0.3, 0.4) is 0 Å². The Balaban J connectivity index is 0.000000453. The number of fused-ring (bicyclic) bond motifs is 1. The third-order valence-corrected chi connectivity index (χ3v) is 8.58. The van der Waals surface area contributed by atoms with Crippen molar-refractivity contribution >= 4 is 29.4 Å². The fraction of sp³-hybridized carbons (Fsp3) is 0.222. The molecule has 0 saturated carbocycles. The minimum absolute atomic E-state index is 0.657. The molecule has 1 aliphatic heterocycles. The van der Waals surface area contributed by atoms with Gasteiger partial charge in [-0.25, -0.2) is 0 Å². The van der Waals surface area contributed by atoms with Crippen molar-refractivity contribution < 1.29 is 0 Å². The average molecular weight is 634 g/mol. The number of benzene rings is 4. The Morgan fingerprint density at radius 3 is 2.35 bits per heavy atom. The third kappa shape index (κ3) is 9.30. The molecular weight excluding hydrogens is 583 g/mol. The summed E-state index contributed by atoms with van der Waals surface area (Å²) in [6.07, 6.45) is 15.8. The molecule has 1 aliphatic rings. The van der Waals surface area contributed by atoms with Crippen LogP contribution in [0.25, 0.3) is 22.4 Å². The van der Waals surface area contributed by atoms with E-state index in [1.807, 2.05) is 18.2 Å². The first kappa shape index (κ1) is 35.9. The zero-order chi connectivity index (χ0) is 34.3. The molecule has 246 valence electrons. The van der Waals surface area contributed by atoms with E-state index in [1.54, 1.807) is 0 Å². The minimum Gasteiger partial charge on any atom is -0.327 e. The molecule has 0 aliphatic carbocycles. The van der Waals surface area contributed by atoms with E-state index in [1.165, 1.54) is 50.2 Å². The number of para-hydroxylation sites is 1. The summed E-state index contributed by atoms with van der Waals surface area (Å²) >= 11 is 0. The average Bonchev–Trinajstić information content (AvgIpc) is 3.11. The number of anilines is 2. The second kappa shape index (κ2) is 18.4. The molecule has 0 bridgehead atoms. The lowest BCUT2D eigenvalue weighted by molar-refractivity contribution is 1.04. The lowest BCUT2D eigenvalue weighted by Crippen LogP contribution is -2.12. The van der Waals surface area contributed by atoms with Crippen LogP contribution in [0, 0.1) is 6.92 Å². The number of allylic oxidation sites excluding steroid dienone is 5. The lowest BCUT2D eigenvalue weighted by atomic mass is 9.90. The number of hydrogen-bond donors (Lipinski definition) is 1. The quantitative estimate of drug-likeness (QED) is 0.139. The fourth-order valence-corrected chi connectivity index (χ4v) is 6.06. The molecule has 0 amide bonds. The van der Waals surface area contributed by atoms with E-state index >= 15 is 0 Å². The van der Waals surface area contributed by atoms with Gasteiger partial charge >= 0.3 is 0 Å². The maximum atomic E-state index is 5.48. The zero-order valence-electron chi connectivity index (χ0n) is 29.3. The zero-order valence-corrected chi connectivity index (χ0v) is 29.3. The summed E-state index contributed by atoms with van der Waals surface area (Å²) in [4.78, 5) is 6.70. The highest BCUT2D eigenvalue weighted by atomic mass is 15.1. The van der Waals surface area contributed by atoms with Gasteiger partial charge in [0.05, 0.1) is 11.4 Å². The molecule has 0 spiro atoms. The maximum Gasteiger partial charge on any atom is 0.0687 e. The van der Waals surface area contributed by atoms with Crippen LogP contribution in [-0.2, 0) is 6.42 Å². The van der Waals surface area contributed by atoms with E-state index in [9.17, 15) is 0 Å². The molecule has 3 nitrogen and oxygen atoms in total. The lowest BCUT2D eigenvalue weighted by Gasteiger charge is -2.27. The first-order valence-electron chi connectivity index (χ1n) is 17.1. The predicted molar refractivity (Wildman–Crippen MR) is 212 cm³/mol. The van der Waals surface area contributed by atoms with Crippen molar-refractivity contribution in [1.82, 2.24) is 0 Å². The van der Waals surface area contributed by atoms with Crippen molar-refractivity contribution in [2.75, 3.05) is 11.4 Å². The Hall–Kier alpha value is -4.99. The maximum absolute atomic E-state index is 5.48. The first-order chi connectivity index (χ1) is 23.4. The first-order valence-corrected chi connectivity index (χ1v) is 17.1. The Bertz CT molecular complexity index is 1800. The summed E-state index contributed by atoms with van der Waals surface area (Å²) in [6.45, 7) is 17.5. The number of nitrogens with zero attached hydrogens (tertiary/aromatic N) is 2. The van der Waals surface area contributed by atoms with Gasteiger partial charge in [0.2, 0.25) is 0 Å². The molecule has 0 atom stereocenters. The molecule has 0 aromatic heterocycles. The van der Waals surface area contributed by atoms with Gasteiger partial charge in [-0.15, -0.1) is 0 Å². The van der Waals surface area contributed by atoms with Crippen molar-refractivity contribution in [1.29, 1.82) is 0 Å². The molecule has 1 heterocycles. The fourth-order valence-electron chi connectivity index (χ4n) is 6.06. The normalized spacial score (nSPS) is 14.3. The van der Waals surface area contributed by atoms with Gasteiger partial charge < -0.3 is 10.6 Å². The Labute approximate surface area is 289 Å². The van der Waals surface area contributed by atoms with Crippen LogP contribution < -0.4 is 10.6 Å². The van der Waals surface area contributed by atoms with Gasteiger partial charge in [-0.3, -0.25) is 4.99 Å². The second-order valence-electron chi connectivity index (χ2n) is 12.1. The van der Waals surface area contributed by atoms with Crippen LogP contribution in [-0.4, -0.2) is 13.3 Å². The summed E-state index contributed by atoms with van der Waals surface area (Å²) in [5.74, 6) is 0. The number of aliphatic imine (C=N–C) groups is 1. The number of aryl methyl sites for hydroxylation is 1. The van der Waals surface area contributed by atoms with Gasteiger partial charge in [0.1, 0.15) is 0 Å². The largest absolute Gasteiger partial charge is 0.327 e. The highest BCUT2D eigenvalue weighted by Gasteiger charge is 2.17. The monoisotopic (exact) mass is 633 g/mol. The second-order valence-corrected chi connectivity index (χ2v) is 12.1. The number of hydrogen-bond acceptors (Lipinski definition) is 3. The Morgan fingerprint density at radius 1 is 0.896 bits per heavy atom. The minimum atomic E-state index is 0.657. The van der Waals surface area contributed by atoms with Crippen LogP contribution >= 0.6 is 0 Å². The molecular formula is C45H51N3. The van der Waals surface area contributed by atoms with Crippen LogP contribution in [0.1, 0.15) is 68.7 Å². The summed E-state index contributed by atoms with van der Waals surface area (Å²) in [5.41, 5.74) is 19.7. The molecule has 0 fully saturated rings. The third-order valence-electron chi connectivity index (χ3n) is 8.58. The van der Waals surface area contributed by atoms with Crippen LogP contribution in [0.15, 0.2) is 150 Å². The molecule has 2 N–H and O–H groups in total. The van der Waals surface area contributed by atoms with Crippen molar-refractivity contribution in [3.63, 3.8) is 0 Å². The van der Waals surface area contributed by atoms with E-state index in [0.29, 0.717) is 6.54 Å². The standard InChI is InChI=1S/C36H34N2.C9H17N/c1-26-14-10-11-23-38(35-22-9-8-20-32(26)35)31-19-13-18-30(25-31)33-21-12-15-27(2)34(33)24-28(3)36(37-4)29-16-6-5-7-17-29;1-3-5-7-9(8-10)6-4-2/h5-9,11-13,15-23,25H,1,4,10,14,24H2,2-3H3;5-7H,3-4,8,10H2,1-2H3/b23-11-,36-28+;7-5-,9-6+. The summed E-state index contributed by atoms with van der Waals surface area (Å²) < 4.78 is 0. The Kier molecular flexibility index (Phi) is 13.7. The summed E-state index contributed by atoms with van der Waals surface area (Å²) in [5, 5.41) is 0. The van der Waals surface area contributed by atoms with E-state index in [-0.39, 0.29) is 0 Å². The Morgan fingerprint density at radius 2 is 1.62 bits per heavy atom. The number of rotatable bonds is 10.